The minimum atomic E-state index is -2.43. The van der Waals surface area contributed by atoms with E-state index in [4.69, 9.17) is 0 Å². The van der Waals surface area contributed by atoms with Gasteiger partial charge in [0.1, 0.15) is 0 Å². The molecule has 0 N–H and O–H groups in total. The molecule has 0 amide bonds. The maximum Gasteiger partial charge on any atom is 2.00 e. The van der Waals surface area contributed by atoms with Crippen molar-refractivity contribution < 1.29 is 18.9 Å². The topological polar surface area (TPSA) is 80.3 Å². The van der Waals surface area contributed by atoms with E-state index in [9.17, 15) is 18.9 Å². The van der Waals surface area contributed by atoms with Crippen LogP contribution in [0.3, 0.4) is 0 Å². The summed E-state index contributed by atoms with van der Waals surface area (Å²) in [5.41, 5.74) is 3.73. The summed E-state index contributed by atoms with van der Waals surface area (Å²) in [6, 6.07) is 10.5. The fourth-order valence-electron chi connectivity index (χ4n) is 1.87. The van der Waals surface area contributed by atoms with Gasteiger partial charge in [-0.1, -0.05) is 33.4 Å². The van der Waals surface area contributed by atoms with Crippen LogP contribution in [0.25, 0.3) is 0 Å². The molecule has 0 aliphatic rings. The summed E-state index contributed by atoms with van der Waals surface area (Å²) in [4.78, 5) is 21.2. The van der Waals surface area contributed by atoms with Crippen molar-refractivity contribution in [2.45, 2.75) is 27.7 Å². The molecule has 0 aromatic heterocycles. The Kier molecular flexibility index (Phi) is 10.6. The normalized spacial score (nSPS) is 10.9. The third-order valence-electron chi connectivity index (χ3n) is 3.55. The Morgan fingerprint density at radius 2 is 1.00 bits per heavy atom. The number of hydrogen-bond acceptors (Lipinski definition) is 4. The van der Waals surface area contributed by atoms with Crippen molar-refractivity contribution in [3.63, 3.8) is 0 Å². The van der Waals surface area contributed by atoms with Gasteiger partial charge >= 0.3 is 53.8 Å². The van der Waals surface area contributed by atoms with Gasteiger partial charge in [0, 0.05) is 11.1 Å². The van der Waals surface area contributed by atoms with Crippen LogP contribution in [0.15, 0.2) is 36.4 Å². The van der Waals surface area contributed by atoms with E-state index in [2.05, 4.69) is 0 Å². The molecule has 0 radical (unpaired) electrons. The van der Waals surface area contributed by atoms with Gasteiger partial charge < -0.3 is 9.79 Å². The number of hydrogen-bond donors (Lipinski definition) is 0. The molecular formula is C16H18CaO4P2+2. The first-order valence-electron chi connectivity index (χ1n) is 6.67. The standard InChI is InChI=1S/2C8H9O2P.Ca/c2*1-6-4-3-5-8(7(6)2)11(9)10;/h2*3-5H,1-2H3;/q;;+2. The van der Waals surface area contributed by atoms with Crippen LogP contribution in [0.1, 0.15) is 22.3 Å². The summed E-state index contributed by atoms with van der Waals surface area (Å²) in [6.45, 7) is 7.43. The summed E-state index contributed by atoms with van der Waals surface area (Å²) < 4.78 is 21.2. The molecule has 2 unspecified atom stereocenters. The van der Waals surface area contributed by atoms with Gasteiger partial charge in [-0.15, -0.1) is 0 Å². The molecule has 0 bridgehead atoms. The van der Waals surface area contributed by atoms with Crippen LogP contribution in [0.2, 0.25) is 0 Å². The average molecular weight is 376 g/mol. The molecule has 0 fully saturated rings. The van der Waals surface area contributed by atoms with Crippen LogP contribution >= 0.6 is 16.1 Å². The van der Waals surface area contributed by atoms with E-state index in [0.29, 0.717) is 10.6 Å². The van der Waals surface area contributed by atoms with Gasteiger partial charge in [0.15, 0.2) is 10.6 Å². The van der Waals surface area contributed by atoms with Gasteiger partial charge in [-0.25, -0.2) is 0 Å². The monoisotopic (exact) mass is 376 g/mol. The first-order valence-corrected chi connectivity index (χ1v) is 9.02. The molecule has 0 aliphatic heterocycles. The van der Waals surface area contributed by atoms with Crippen molar-refractivity contribution in [3.05, 3.63) is 58.7 Å². The second-order valence-corrected chi connectivity index (χ2v) is 6.94. The molecule has 2 rings (SSSR count). The van der Waals surface area contributed by atoms with Crippen LogP contribution in [-0.4, -0.2) is 37.7 Å². The molecule has 0 heterocycles. The summed E-state index contributed by atoms with van der Waals surface area (Å²) in [7, 11) is -4.87. The van der Waals surface area contributed by atoms with Crippen LogP contribution in [0, 0.1) is 27.7 Å². The summed E-state index contributed by atoms with van der Waals surface area (Å²) in [6.07, 6.45) is 0. The van der Waals surface area contributed by atoms with Crippen LogP contribution < -0.4 is 20.4 Å². The smallest absolute Gasteiger partial charge is 0.591 e. The van der Waals surface area contributed by atoms with Gasteiger partial charge in [0.2, 0.25) is 0 Å². The molecule has 4 nitrogen and oxygen atoms in total. The van der Waals surface area contributed by atoms with Crippen LogP contribution in [0.5, 0.6) is 0 Å². The minimum absolute atomic E-state index is 0. The Morgan fingerprint density at radius 3 is 1.22 bits per heavy atom. The largest absolute Gasteiger partial charge is 2.00 e. The molecule has 23 heavy (non-hydrogen) atoms. The Bertz CT molecular complexity index is 656. The Hall–Kier alpha value is -0.180. The van der Waals surface area contributed by atoms with Gasteiger partial charge in [-0.2, -0.15) is 0 Å². The molecule has 0 aliphatic carbocycles. The van der Waals surface area contributed by atoms with Crippen molar-refractivity contribution in [1.82, 2.24) is 0 Å². The van der Waals surface area contributed by atoms with E-state index < -0.39 is 16.1 Å². The van der Waals surface area contributed by atoms with E-state index in [-0.39, 0.29) is 37.7 Å². The van der Waals surface area contributed by atoms with Crippen molar-refractivity contribution in [2.24, 2.45) is 0 Å². The van der Waals surface area contributed by atoms with E-state index in [1.54, 1.807) is 24.3 Å². The SMILES string of the molecule is Cc1cccc([P+](=O)[O-])c1C.Cc1cccc([P+](=O)[O-])c1C.[Ca+2]. The number of benzene rings is 2. The van der Waals surface area contributed by atoms with Gasteiger partial charge in [-0.05, 0) is 51.0 Å². The van der Waals surface area contributed by atoms with Crippen molar-refractivity contribution in [1.29, 1.82) is 0 Å². The molecule has 0 spiro atoms. The van der Waals surface area contributed by atoms with Crippen molar-refractivity contribution in [3.8, 4) is 0 Å². The Balaban J connectivity index is 0.000000403. The maximum absolute atomic E-state index is 10.6. The third-order valence-corrected chi connectivity index (χ3v) is 5.30. The zero-order valence-electron chi connectivity index (χ0n) is 13.7. The third kappa shape index (κ3) is 6.68. The average Bonchev–Trinajstić information content (AvgIpc) is 2.45. The zero-order chi connectivity index (χ0) is 16.9. The molecule has 2 atom stereocenters. The number of aryl methyl sites for hydroxylation is 2. The van der Waals surface area contributed by atoms with E-state index in [1.165, 1.54) is 0 Å². The second kappa shape index (κ2) is 10.6. The summed E-state index contributed by atoms with van der Waals surface area (Å²) >= 11 is 0. The van der Waals surface area contributed by atoms with Crippen LogP contribution in [0.4, 0.5) is 0 Å². The Labute approximate surface area is 168 Å². The fraction of sp³-hybridized carbons (Fsp3) is 0.250. The minimum Gasteiger partial charge on any atom is -0.591 e. The zero-order valence-corrected chi connectivity index (χ0v) is 17.7. The fourth-order valence-corrected chi connectivity index (χ4v) is 3.18. The first-order chi connectivity index (χ1) is 10.3. The molecule has 2 aromatic carbocycles. The predicted molar refractivity (Wildman–Crippen MR) is 92.1 cm³/mol. The molecular weight excluding hydrogens is 358 g/mol. The maximum atomic E-state index is 10.6. The van der Waals surface area contributed by atoms with Gasteiger partial charge in [-0.3, -0.25) is 0 Å². The first kappa shape index (κ1) is 22.8. The van der Waals surface area contributed by atoms with Gasteiger partial charge in [0.25, 0.3) is 0 Å². The van der Waals surface area contributed by atoms with E-state index >= 15 is 0 Å². The Morgan fingerprint density at radius 1 is 0.696 bits per heavy atom. The second-order valence-electron chi connectivity index (χ2n) is 4.95. The quantitative estimate of drug-likeness (QED) is 0.590. The number of rotatable bonds is 2. The molecule has 2 aromatic rings. The summed E-state index contributed by atoms with van der Waals surface area (Å²) in [5.74, 6) is 0. The molecule has 7 heteroatoms. The molecule has 0 saturated heterocycles. The van der Waals surface area contributed by atoms with Crippen LogP contribution in [-0.2, 0) is 9.13 Å². The predicted octanol–water partition coefficient (Wildman–Crippen LogP) is 1.68. The summed E-state index contributed by atoms with van der Waals surface area (Å²) in [5, 5.41) is 0.861. The van der Waals surface area contributed by atoms with Crippen molar-refractivity contribution in [2.75, 3.05) is 0 Å². The molecule has 0 saturated carbocycles. The van der Waals surface area contributed by atoms with E-state index in [1.807, 2.05) is 39.8 Å². The van der Waals surface area contributed by atoms with E-state index in [0.717, 1.165) is 22.3 Å². The van der Waals surface area contributed by atoms with Gasteiger partial charge in [0.05, 0.1) is 0 Å². The molecule has 116 valence electrons. The van der Waals surface area contributed by atoms with Crippen molar-refractivity contribution >= 4 is 64.4 Å².